The Morgan fingerprint density at radius 1 is 0.676 bits per heavy atom. The van der Waals surface area contributed by atoms with Gasteiger partial charge >= 0.3 is 193 Å². The summed E-state index contributed by atoms with van der Waals surface area (Å²) in [4.78, 5) is 2.19. The van der Waals surface area contributed by atoms with Gasteiger partial charge in [0.15, 0.2) is 0 Å². The van der Waals surface area contributed by atoms with Crippen molar-refractivity contribution in [1.29, 1.82) is 0 Å². The van der Waals surface area contributed by atoms with E-state index in [9.17, 15) is 0 Å². The molecule has 1 aliphatic rings. The van der Waals surface area contributed by atoms with Gasteiger partial charge in [0.1, 0.15) is 0 Å². The molecule has 1 aliphatic heterocycles. The number of hydrogen-bond donors (Lipinski definition) is 1. The molecule has 0 spiro atoms. The van der Waals surface area contributed by atoms with E-state index in [1.54, 1.807) is 0 Å². The fraction of sp³-hybridized carbons (Fsp3) is 0.613. The average molecular weight is 626 g/mol. The number of nitrogens with zero attached hydrogens (tertiary/aromatic N) is 1. The van der Waals surface area contributed by atoms with Gasteiger partial charge in [-0.3, -0.25) is 0 Å². The third-order valence-corrected chi connectivity index (χ3v) is 9.35. The normalized spacial score (nSPS) is 16.7. The first-order valence-electron chi connectivity index (χ1n) is 14.6. The molecule has 0 radical (unpaired) electrons. The van der Waals surface area contributed by atoms with Crippen LogP contribution < -0.4 is 4.90 Å². The fourth-order valence-corrected chi connectivity index (χ4v) is 7.29. The van der Waals surface area contributed by atoms with Crippen LogP contribution >= 0.6 is 22.4 Å². The molecule has 206 valence electrons. The summed E-state index contributed by atoms with van der Waals surface area (Å²) >= 11 is 0.529. The van der Waals surface area contributed by atoms with Crippen LogP contribution in [0.2, 0.25) is 0 Å². The first kappa shape index (κ1) is 31.1. The molecule has 0 bridgehead atoms. The van der Waals surface area contributed by atoms with Crippen LogP contribution in [-0.2, 0) is 38.1 Å². The van der Waals surface area contributed by atoms with Crippen LogP contribution in [0.4, 0.5) is 11.4 Å². The van der Waals surface area contributed by atoms with Gasteiger partial charge in [-0.1, -0.05) is 52.4 Å². The minimum absolute atomic E-state index is 0.774. The number of rotatable bonds is 21. The second kappa shape index (κ2) is 18.0. The summed E-state index contributed by atoms with van der Waals surface area (Å²) in [5.41, 5.74) is 5.01. The molecule has 0 aliphatic carbocycles. The third-order valence-electron chi connectivity index (χ3n) is 7.17. The molecule has 37 heavy (non-hydrogen) atoms. The Balaban J connectivity index is 1.55. The maximum absolute atomic E-state index is 6.07. The van der Waals surface area contributed by atoms with Crippen molar-refractivity contribution >= 4 is 33.8 Å². The molecule has 6 heteroatoms. The van der Waals surface area contributed by atoms with Crippen LogP contribution in [0.25, 0.3) is 0 Å². The monoisotopic (exact) mass is 627 g/mol. The molecule has 3 rings (SSSR count). The van der Waals surface area contributed by atoms with Gasteiger partial charge in [0.05, 0.1) is 0 Å². The minimum atomic E-state index is -0.854. The SMILES string of the molecule is CCCCCCCCCc1ccc(N(c2ccc(CCCCCCCCC)cc2)C2([O][Mo][SH])OS2)cc1. The van der Waals surface area contributed by atoms with Crippen molar-refractivity contribution in [2.45, 2.75) is 122 Å². The van der Waals surface area contributed by atoms with E-state index in [4.69, 9.17) is 7.57 Å². The molecule has 2 aromatic carbocycles. The van der Waals surface area contributed by atoms with Crippen molar-refractivity contribution in [3.63, 3.8) is 0 Å². The summed E-state index contributed by atoms with van der Waals surface area (Å²) in [7, 11) is 4.44. The molecule has 1 atom stereocenters. The fourth-order valence-electron chi connectivity index (χ4n) is 4.88. The Bertz CT molecular complexity index is 797. The number of hydrogen-bond acceptors (Lipinski definition) is 5. The maximum atomic E-state index is 6.07. The predicted molar refractivity (Wildman–Crippen MR) is 160 cm³/mol. The van der Waals surface area contributed by atoms with Crippen molar-refractivity contribution in [2.24, 2.45) is 0 Å². The topological polar surface area (TPSA) is 25.0 Å². The zero-order chi connectivity index (χ0) is 26.2. The van der Waals surface area contributed by atoms with E-state index in [2.05, 4.69) is 77.6 Å². The van der Waals surface area contributed by atoms with Crippen LogP contribution in [0.3, 0.4) is 0 Å². The van der Waals surface area contributed by atoms with Gasteiger partial charge in [0, 0.05) is 0 Å². The van der Waals surface area contributed by atoms with Crippen LogP contribution in [0.1, 0.15) is 115 Å². The first-order chi connectivity index (χ1) is 18.2. The Hall–Kier alpha value is -0.452. The van der Waals surface area contributed by atoms with Gasteiger partial charge in [-0.25, -0.2) is 0 Å². The van der Waals surface area contributed by atoms with Gasteiger partial charge in [-0.15, -0.1) is 0 Å². The summed E-state index contributed by atoms with van der Waals surface area (Å²) in [5.74, 6) is 0. The molecule has 0 saturated carbocycles. The quantitative estimate of drug-likeness (QED) is 0.0373. The summed E-state index contributed by atoms with van der Waals surface area (Å²) in [5, 5.41) is -0.774. The van der Waals surface area contributed by atoms with Crippen LogP contribution in [0.15, 0.2) is 48.5 Å². The number of aryl methyl sites for hydroxylation is 2. The number of unbranched alkanes of at least 4 members (excludes halogenated alkanes) is 12. The van der Waals surface area contributed by atoms with Crippen molar-refractivity contribution in [2.75, 3.05) is 4.90 Å². The van der Waals surface area contributed by atoms with Gasteiger partial charge in [0.25, 0.3) is 0 Å². The molecule has 1 unspecified atom stereocenters. The first-order valence-corrected chi connectivity index (χ1v) is 19.2. The molecule has 3 nitrogen and oxygen atoms in total. The van der Waals surface area contributed by atoms with E-state index in [-0.39, 0.29) is 0 Å². The Kier molecular flexibility index (Phi) is 15.1. The number of thiol groups is 1. The van der Waals surface area contributed by atoms with E-state index < -0.39 is 22.9 Å². The third kappa shape index (κ3) is 10.9. The zero-order valence-corrected chi connectivity index (χ0v) is 26.7. The van der Waals surface area contributed by atoms with E-state index in [1.165, 1.54) is 113 Å². The molecule has 1 fully saturated rings. The van der Waals surface area contributed by atoms with Crippen molar-refractivity contribution in [1.82, 2.24) is 0 Å². The Morgan fingerprint density at radius 3 is 1.41 bits per heavy atom. The van der Waals surface area contributed by atoms with E-state index in [0.29, 0.717) is 0 Å². The molecule has 2 aromatic rings. The van der Waals surface area contributed by atoms with Gasteiger partial charge in [-0.05, 0) is 0 Å². The summed E-state index contributed by atoms with van der Waals surface area (Å²) in [6, 6.07) is 18.0. The van der Waals surface area contributed by atoms with E-state index in [1.807, 2.05) is 0 Å². The molecule has 1 heterocycles. The molecular formula is C31H47MoNO2S2. The second-order valence-corrected chi connectivity index (χ2v) is 12.8. The summed E-state index contributed by atoms with van der Waals surface area (Å²) in [6.45, 7) is 4.56. The summed E-state index contributed by atoms with van der Waals surface area (Å²) in [6.07, 6.45) is 21.2. The van der Waals surface area contributed by atoms with Crippen molar-refractivity contribution < 1.29 is 25.2 Å². The molecule has 1 saturated heterocycles. The Labute approximate surface area is 244 Å². The Morgan fingerprint density at radius 2 is 1.05 bits per heavy atom. The van der Waals surface area contributed by atoms with Gasteiger partial charge < -0.3 is 0 Å². The van der Waals surface area contributed by atoms with Crippen LogP contribution in [-0.4, -0.2) is 5.24 Å². The average Bonchev–Trinajstić information content (AvgIpc) is 3.69. The molecular weight excluding hydrogens is 578 g/mol. The number of benzene rings is 2. The van der Waals surface area contributed by atoms with Crippen LogP contribution in [0, 0.1) is 0 Å². The van der Waals surface area contributed by atoms with Crippen molar-refractivity contribution in [3.05, 3.63) is 59.7 Å². The van der Waals surface area contributed by atoms with Gasteiger partial charge in [0.2, 0.25) is 0 Å². The second-order valence-electron chi connectivity index (χ2n) is 10.3. The number of anilines is 2. The van der Waals surface area contributed by atoms with E-state index in [0.717, 1.165) is 24.2 Å². The standard InChI is InChI=1S/C31H46NO2S.Mo.H2S/c1-3-5-7-9-11-13-15-17-27-19-23-29(24-20-27)32(31(33)34-35-31)30-25-21-28(22-26-30)18-16-14-12-10-8-6-4-2;;/h19-26H,3-18H2,1-2H3;;1H2/q-1;+2;/p-1. The van der Waals surface area contributed by atoms with Gasteiger partial charge in [-0.2, -0.15) is 0 Å². The molecule has 0 amide bonds. The van der Waals surface area contributed by atoms with Crippen molar-refractivity contribution in [3.8, 4) is 0 Å². The molecule has 0 N–H and O–H groups in total. The van der Waals surface area contributed by atoms with Crippen LogP contribution in [0.5, 0.6) is 0 Å². The molecule has 0 aromatic heterocycles. The zero-order valence-electron chi connectivity index (χ0n) is 23.0. The van der Waals surface area contributed by atoms with E-state index >= 15 is 0 Å². The predicted octanol–water partition coefficient (Wildman–Crippen LogP) is 10.6. The summed E-state index contributed by atoms with van der Waals surface area (Å²) < 4.78 is 11.9.